The number of hydrogen-bond donors (Lipinski definition) is 1. The second-order valence-electron chi connectivity index (χ2n) is 7.42. The summed E-state index contributed by atoms with van der Waals surface area (Å²) in [5.41, 5.74) is 2.81. The van der Waals surface area contributed by atoms with Crippen LogP contribution in [0.15, 0.2) is 48.5 Å². The number of nitrogens with zero attached hydrogens (tertiary/aromatic N) is 1. The number of hydrogen-bond acceptors (Lipinski definition) is 3. The highest BCUT2D eigenvalue weighted by atomic mass is 16.2. The summed E-state index contributed by atoms with van der Waals surface area (Å²) in [6.45, 7) is 3.58. The molecule has 3 rings (SSSR count). The molecule has 2 aromatic rings. The Hall–Kier alpha value is -2.95. The largest absolute Gasteiger partial charge is 0.339 e. The van der Waals surface area contributed by atoms with Crippen molar-refractivity contribution in [2.45, 2.75) is 45.4 Å². The summed E-state index contributed by atoms with van der Waals surface area (Å²) in [4.78, 5) is 39.4. The minimum atomic E-state index is -0.262. The lowest BCUT2D eigenvalue weighted by molar-refractivity contribution is -0.116. The lowest BCUT2D eigenvalue weighted by Crippen LogP contribution is -2.36. The van der Waals surface area contributed by atoms with Crippen LogP contribution in [-0.4, -0.2) is 35.6 Å². The number of rotatable bonds is 7. The molecular weight excluding hydrogens is 364 g/mol. The molecule has 2 aromatic carbocycles. The standard InChI is InChI=1S/C24H28N2O3/c1-2-18-10-12-19(13-11-18)22(27)14-15-23(28)25-21-9-5-4-8-20(21)24(29)26-16-6-3-7-17-26/h4-5,8-13H,2-3,6-7,14-17H2,1H3,(H,25,28). The molecule has 1 fully saturated rings. The molecular formula is C24H28N2O3. The fraction of sp³-hybridized carbons (Fsp3) is 0.375. The van der Waals surface area contributed by atoms with E-state index >= 15 is 0 Å². The zero-order chi connectivity index (χ0) is 20.6. The van der Waals surface area contributed by atoms with E-state index in [1.807, 2.05) is 29.2 Å². The van der Waals surface area contributed by atoms with Crippen molar-refractivity contribution in [2.24, 2.45) is 0 Å². The highest BCUT2D eigenvalue weighted by molar-refractivity contribution is 6.05. The molecule has 5 nitrogen and oxygen atoms in total. The van der Waals surface area contributed by atoms with Gasteiger partial charge >= 0.3 is 0 Å². The van der Waals surface area contributed by atoms with Gasteiger partial charge in [0.15, 0.2) is 5.78 Å². The highest BCUT2D eigenvalue weighted by Gasteiger charge is 2.21. The number of likely N-dealkylation sites (tertiary alicyclic amines) is 1. The summed E-state index contributed by atoms with van der Waals surface area (Å²) in [7, 11) is 0. The Balaban J connectivity index is 1.59. The summed E-state index contributed by atoms with van der Waals surface area (Å²) in [5, 5.41) is 2.82. The summed E-state index contributed by atoms with van der Waals surface area (Å²) in [6.07, 6.45) is 4.33. The van der Waals surface area contributed by atoms with Gasteiger partial charge in [0.25, 0.3) is 5.91 Å². The fourth-order valence-electron chi connectivity index (χ4n) is 3.56. The van der Waals surface area contributed by atoms with Gasteiger partial charge in [0, 0.05) is 31.5 Å². The van der Waals surface area contributed by atoms with E-state index in [9.17, 15) is 14.4 Å². The van der Waals surface area contributed by atoms with E-state index in [-0.39, 0.29) is 30.4 Å². The predicted molar refractivity (Wildman–Crippen MR) is 114 cm³/mol. The molecule has 1 heterocycles. The average Bonchev–Trinajstić information content (AvgIpc) is 2.78. The van der Waals surface area contributed by atoms with Crippen LogP contribution in [0.2, 0.25) is 0 Å². The maximum Gasteiger partial charge on any atom is 0.255 e. The van der Waals surface area contributed by atoms with E-state index in [1.165, 1.54) is 5.56 Å². The van der Waals surface area contributed by atoms with Crippen molar-refractivity contribution in [1.82, 2.24) is 4.90 Å². The molecule has 152 valence electrons. The van der Waals surface area contributed by atoms with Crippen molar-refractivity contribution in [3.05, 3.63) is 65.2 Å². The predicted octanol–water partition coefficient (Wildman–Crippen LogP) is 4.48. The quantitative estimate of drug-likeness (QED) is 0.707. The number of Topliss-reactive ketones (excluding diaryl/α,β-unsaturated/α-hetero) is 1. The zero-order valence-corrected chi connectivity index (χ0v) is 16.9. The molecule has 1 aliphatic heterocycles. The molecule has 1 aliphatic rings. The van der Waals surface area contributed by atoms with Crippen LogP contribution < -0.4 is 5.32 Å². The van der Waals surface area contributed by atoms with Crippen LogP contribution in [0.5, 0.6) is 0 Å². The van der Waals surface area contributed by atoms with Crippen molar-refractivity contribution in [2.75, 3.05) is 18.4 Å². The molecule has 0 aliphatic carbocycles. The molecule has 2 amide bonds. The van der Waals surface area contributed by atoms with Crippen LogP contribution in [0.25, 0.3) is 0 Å². The SMILES string of the molecule is CCc1ccc(C(=O)CCC(=O)Nc2ccccc2C(=O)N2CCCCC2)cc1. The number of para-hydroxylation sites is 1. The number of carbonyl (C=O) groups is 3. The fourth-order valence-corrected chi connectivity index (χ4v) is 3.56. The van der Waals surface area contributed by atoms with Crippen molar-refractivity contribution >= 4 is 23.3 Å². The third-order valence-electron chi connectivity index (χ3n) is 5.34. The first-order valence-electron chi connectivity index (χ1n) is 10.4. The first-order chi connectivity index (χ1) is 14.1. The summed E-state index contributed by atoms with van der Waals surface area (Å²) < 4.78 is 0. The van der Waals surface area contributed by atoms with E-state index in [0.717, 1.165) is 38.8 Å². The smallest absolute Gasteiger partial charge is 0.255 e. The minimum Gasteiger partial charge on any atom is -0.339 e. The van der Waals surface area contributed by atoms with E-state index < -0.39 is 0 Å². The van der Waals surface area contributed by atoms with Gasteiger partial charge in [0.2, 0.25) is 5.91 Å². The molecule has 29 heavy (non-hydrogen) atoms. The van der Waals surface area contributed by atoms with Gasteiger partial charge in [-0.05, 0) is 43.4 Å². The number of amides is 2. The average molecular weight is 392 g/mol. The molecule has 0 atom stereocenters. The summed E-state index contributed by atoms with van der Waals surface area (Å²) in [5.74, 6) is -0.365. The Labute approximate surface area is 172 Å². The second-order valence-corrected chi connectivity index (χ2v) is 7.42. The highest BCUT2D eigenvalue weighted by Crippen LogP contribution is 2.20. The van der Waals surface area contributed by atoms with Gasteiger partial charge in [0.05, 0.1) is 11.3 Å². The van der Waals surface area contributed by atoms with E-state index in [4.69, 9.17) is 0 Å². The third-order valence-corrected chi connectivity index (χ3v) is 5.34. The molecule has 1 saturated heterocycles. The third kappa shape index (κ3) is 5.53. The van der Waals surface area contributed by atoms with E-state index in [0.29, 0.717) is 16.8 Å². The van der Waals surface area contributed by atoms with Gasteiger partial charge in [-0.15, -0.1) is 0 Å². The Morgan fingerprint density at radius 1 is 0.897 bits per heavy atom. The summed E-state index contributed by atoms with van der Waals surface area (Å²) in [6, 6.07) is 14.6. The Kier molecular flexibility index (Phi) is 7.17. The van der Waals surface area contributed by atoms with Gasteiger partial charge in [0.1, 0.15) is 0 Å². The van der Waals surface area contributed by atoms with Crippen LogP contribution in [0.4, 0.5) is 5.69 Å². The zero-order valence-electron chi connectivity index (χ0n) is 16.9. The number of carbonyl (C=O) groups excluding carboxylic acids is 3. The number of nitrogens with one attached hydrogen (secondary N) is 1. The molecule has 5 heteroatoms. The van der Waals surface area contributed by atoms with Crippen LogP contribution in [0.1, 0.15) is 65.3 Å². The maximum absolute atomic E-state index is 12.8. The Morgan fingerprint density at radius 2 is 1.59 bits per heavy atom. The molecule has 0 radical (unpaired) electrons. The minimum absolute atomic E-state index is 0.0484. The van der Waals surface area contributed by atoms with Crippen molar-refractivity contribution < 1.29 is 14.4 Å². The summed E-state index contributed by atoms with van der Waals surface area (Å²) >= 11 is 0. The Bertz CT molecular complexity index is 868. The van der Waals surface area contributed by atoms with E-state index in [2.05, 4.69) is 12.2 Å². The lowest BCUT2D eigenvalue weighted by Gasteiger charge is -2.27. The molecule has 0 aromatic heterocycles. The van der Waals surface area contributed by atoms with Gasteiger partial charge < -0.3 is 10.2 Å². The van der Waals surface area contributed by atoms with Crippen molar-refractivity contribution in [3.8, 4) is 0 Å². The number of benzene rings is 2. The van der Waals surface area contributed by atoms with Crippen molar-refractivity contribution in [1.29, 1.82) is 0 Å². The van der Waals surface area contributed by atoms with Gasteiger partial charge in [-0.3, -0.25) is 14.4 Å². The number of aryl methyl sites for hydroxylation is 1. The lowest BCUT2D eigenvalue weighted by atomic mass is 10.0. The van der Waals surface area contributed by atoms with Crippen LogP contribution >= 0.6 is 0 Å². The normalized spacial score (nSPS) is 13.8. The molecule has 0 bridgehead atoms. The van der Waals surface area contributed by atoms with Gasteiger partial charge in [-0.25, -0.2) is 0 Å². The van der Waals surface area contributed by atoms with Crippen molar-refractivity contribution in [3.63, 3.8) is 0 Å². The molecule has 0 spiro atoms. The Morgan fingerprint density at radius 3 is 2.28 bits per heavy atom. The monoisotopic (exact) mass is 392 g/mol. The first kappa shape index (κ1) is 20.8. The first-order valence-corrected chi connectivity index (χ1v) is 10.4. The molecule has 0 saturated carbocycles. The van der Waals surface area contributed by atoms with Gasteiger partial charge in [-0.1, -0.05) is 43.3 Å². The van der Waals surface area contributed by atoms with Gasteiger partial charge in [-0.2, -0.15) is 0 Å². The number of ketones is 1. The van der Waals surface area contributed by atoms with Crippen LogP contribution in [0, 0.1) is 0 Å². The second kappa shape index (κ2) is 10.0. The number of piperidine rings is 1. The molecule has 1 N–H and O–H groups in total. The number of anilines is 1. The van der Waals surface area contributed by atoms with Crippen LogP contribution in [0.3, 0.4) is 0 Å². The van der Waals surface area contributed by atoms with E-state index in [1.54, 1.807) is 24.3 Å². The topological polar surface area (TPSA) is 66.5 Å². The van der Waals surface area contributed by atoms with Crippen LogP contribution in [-0.2, 0) is 11.2 Å². The maximum atomic E-state index is 12.8. The molecule has 0 unspecified atom stereocenters.